The number of hydrogen-bond donors (Lipinski definition) is 2. The summed E-state index contributed by atoms with van der Waals surface area (Å²) < 4.78 is 81.8. The van der Waals surface area contributed by atoms with Crippen molar-refractivity contribution in [2.45, 2.75) is 38.3 Å². The average Bonchev–Trinajstić information content (AvgIpc) is 3.24. The number of carbonyl (C=O) groups is 2. The highest BCUT2D eigenvalue weighted by Gasteiger charge is 2.44. The number of rotatable bonds is 5. The molecule has 1 aliphatic rings. The molecular formula is C24H20F6N4O3. The number of nitrogens with one attached hydrogen (secondary N) is 1. The summed E-state index contributed by atoms with van der Waals surface area (Å²) in [6.07, 6.45) is -9.22. The van der Waals surface area contributed by atoms with Crippen LogP contribution in [-0.4, -0.2) is 33.3 Å². The molecule has 1 aromatic heterocycles. The number of hydrogen-bond acceptors (Lipinski definition) is 4. The van der Waals surface area contributed by atoms with Crippen LogP contribution in [0.15, 0.2) is 48.5 Å². The van der Waals surface area contributed by atoms with Crippen LogP contribution in [0.5, 0.6) is 0 Å². The molecule has 0 unspecified atom stereocenters. The van der Waals surface area contributed by atoms with Crippen LogP contribution in [0.3, 0.4) is 0 Å². The standard InChI is InChI=1S/C24H20F6N4O3/c1-13(14-3-5-15(6-4-14)22(36)37)31-20(35)18-19(24(28,29)30)32-34-12-2-11-33(21(18)34)17-9-7-16(8-10-17)23(25,26)27/h3-10,13H,2,11-12H2,1H3,(H,31,35)(H,36,37)/t13-/m0/s1. The number of amides is 1. The fourth-order valence-corrected chi connectivity index (χ4v) is 4.12. The van der Waals surface area contributed by atoms with Crippen molar-refractivity contribution in [3.63, 3.8) is 0 Å². The van der Waals surface area contributed by atoms with Gasteiger partial charge in [0.1, 0.15) is 11.4 Å². The quantitative estimate of drug-likeness (QED) is 0.420. The molecule has 0 bridgehead atoms. The van der Waals surface area contributed by atoms with Crippen LogP contribution < -0.4 is 10.2 Å². The second-order valence-electron chi connectivity index (χ2n) is 8.44. The molecule has 4 rings (SSSR count). The molecule has 0 fully saturated rings. The third-order valence-electron chi connectivity index (χ3n) is 5.94. The number of anilines is 2. The van der Waals surface area contributed by atoms with E-state index < -0.39 is 47.1 Å². The molecular weight excluding hydrogens is 506 g/mol. The Morgan fingerprint density at radius 3 is 2.11 bits per heavy atom. The molecule has 13 heteroatoms. The Bertz CT molecular complexity index is 1310. The summed E-state index contributed by atoms with van der Waals surface area (Å²) in [4.78, 5) is 25.6. The minimum Gasteiger partial charge on any atom is -0.478 e. The van der Waals surface area contributed by atoms with Crippen LogP contribution in [0.1, 0.15) is 56.9 Å². The van der Waals surface area contributed by atoms with Gasteiger partial charge in [-0.1, -0.05) is 12.1 Å². The molecule has 1 amide bonds. The molecule has 196 valence electrons. The number of halogens is 6. The highest BCUT2D eigenvalue weighted by atomic mass is 19.4. The molecule has 0 aliphatic carbocycles. The zero-order valence-corrected chi connectivity index (χ0v) is 19.2. The largest absolute Gasteiger partial charge is 0.478 e. The first kappa shape index (κ1) is 26.0. The van der Waals surface area contributed by atoms with Crippen LogP contribution in [0.2, 0.25) is 0 Å². The van der Waals surface area contributed by atoms with Crippen LogP contribution in [-0.2, 0) is 18.9 Å². The van der Waals surface area contributed by atoms with Gasteiger partial charge in [0.25, 0.3) is 5.91 Å². The minimum absolute atomic E-state index is 0.000443. The first-order chi connectivity index (χ1) is 17.3. The van der Waals surface area contributed by atoms with Gasteiger partial charge in [0.15, 0.2) is 5.69 Å². The number of aromatic nitrogens is 2. The Morgan fingerprint density at radius 1 is 0.946 bits per heavy atom. The second-order valence-corrected chi connectivity index (χ2v) is 8.44. The fraction of sp³-hybridized carbons (Fsp3) is 0.292. The van der Waals surface area contributed by atoms with Crippen molar-refractivity contribution in [2.75, 3.05) is 11.4 Å². The topological polar surface area (TPSA) is 87.5 Å². The van der Waals surface area contributed by atoms with Crippen LogP contribution >= 0.6 is 0 Å². The van der Waals surface area contributed by atoms with Gasteiger partial charge in [0.2, 0.25) is 0 Å². The Morgan fingerprint density at radius 2 is 1.57 bits per heavy atom. The molecule has 0 saturated heterocycles. The van der Waals surface area contributed by atoms with Crippen LogP contribution in [0.25, 0.3) is 0 Å². The maximum absolute atomic E-state index is 13.9. The molecule has 37 heavy (non-hydrogen) atoms. The number of aryl methyl sites for hydroxylation is 1. The lowest BCUT2D eigenvalue weighted by Crippen LogP contribution is -2.33. The molecule has 1 aliphatic heterocycles. The van der Waals surface area contributed by atoms with Crippen molar-refractivity contribution >= 4 is 23.4 Å². The van der Waals surface area contributed by atoms with E-state index in [-0.39, 0.29) is 30.2 Å². The van der Waals surface area contributed by atoms with Crippen molar-refractivity contribution in [2.24, 2.45) is 0 Å². The molecule has 2 heterocycles. The van der Waals surface area contributed by atoms with E-state index in [1.807, 2.05) is 0 Å². The van der Waals surface area contributed by atoms with E-state index >= 15 is 0 Å². The van der Waals surface area contributed by atoms with Crippen molar-refractivity contribution in [1.82, 2.24) is 15.1 Å². The van der Waals surface area contributed by atoms with Gasteiger partial charge in [-0.25, -0.2) is 9.48 Å². The van der Waals surface area contributed by atoms with Crippen molar-refractivity contribution < 1.29 is 41.0 Å². The second kappa shape index (κ2) is 9.45. The minimum atomic E-state index is -4.98. The first-order valence-corrected chi connectivity index (χ1v) is 11.0. The summed E-state index contributed by atoms with van der Waals surface area (Å²) in [7, 11) is 0. The zero-order valence-electron chi connectivity index (χ0n) is 19.2. The lowest BCUT2D eigenvalue weighted by Gasteiger charge is -2.31. The van der Waals surface area contributed by atoms with Gasteiger partial charge in [-0.2, -0.15) is 31.4 Å². The Labute approximate surface area is 206 Å². The first-order valence-electron chi connectivity index (χ1n) is 11.0. The molecule has 7 nitrogen and oxygen atoms in total. The number of carbonyl (C=O) groups excluding carboxylic acids is 1. The lowest BCUT2D eigenvalue weighted by atomic mass is 10.0. The number of nitrogens with zero attached hydrogens (tertiary/aromatic N) is 3. The number of aromatic carboxylic acids is 1. The predicted molar refractivity (Wildman–Crippen MR) is 120 cm³/mol. The third kappa shape index (κ3) is 5.25. The highest BCUT2D eigenvalue weighted by Crippen LogP contribution is 2.41. The van der Waals surface area contributed by atoms with Gasteiger partial charge >= 0.3 is 18.3 Å². The van der Waals surface area contributed by atoms with Gasteiger partial charge < -0.3 is 15.3 Å². The van der Waals surface area contributed by atoms with Gasteiger partial charge in [-0.3, -0.25) is 4.79 Å². The smallest absolute Gasteiger partial charge is 0.436 e. The van der Waals surface area contributed by atoms with E-state index in [2.05, 4.69) is 10.4 Å². The van der Waals surface area contributed by atoms with E-state index in [0.29, 0.717) is 12.0 Å². The number of benzene rings is 2. The number of carboxylic acids is 1. The van der Waals surface area contributed by atoms with Crippen LogP contribution in [0.4, 0.5) is 37.8 Å². The van der Waals surface area contributed by atoms with E-state index in [1.54, 1.807) is 0 Å². The summed E-state index contributed by atoms with van der Waals surface area (Å²) >= 11 is 0. The fourth-order valence-electron chi connectivity index (χ4n) is 4.12. The number of alkyl halides is 6. The van der Waals surface area contributed by atoms with E-state index in [1.165, 1.54) is 36.1 Å². The monoisotopic (exact) mass is 526 g/mol. The van der Waals surface area contributed by atoms with Gasteiger partial charge in [-0.05, 0) is 55.3 Å². The molecule has 2 aromatic carbocycles. The SMILES string of the molecule is C[C@H](NC(=O)c1c(C(F)(F)F)nn2c1N(c1ccc(C(F)(F)F)cc1)CCC2)c1ccc(C(=O)O)cc1. The molecule has 3 aromatic rings. The molecule has 0 radical (unpaired) electrons. The van der Waals surface area contributed by atoms with Gasteiger partial charge in [-0.15, -0.1) is 0 Å². The molecule has 0 spiro atoms. The Kier molecular flexibility index (Phi) is 6.65. The predicted octanol–water partition coefficient (Wildman–Crippen LogP) is 5.65. The Balaban J connectivity index is 1.72. The molecule has 1 atom stereocenters. The zero-order chi connectivity index (χ0) is 27.1. The van der Waals surface area contributed by atoms with Gasteiger partial charge in [0, 0.05) is 18.8 Å². The van der Waals surface area contributed by atoms with Crippen LogP contribution in [0, 0.1) is 0 Å². The maximum atomic E-state index is 13.9. The summed E-state index contributed by atoms with van der Waals surface area (Å²) in [5.41, 5.74) is -2.45. The summed E-state index contributed by atoms with van der Waals surface area (Å²) in [6.45, 7) is 1.75. The van der Waals surface area contributed by atoms with Crippen molar-refractivity contribution in [3.8, 4) is 0 Å². The maximum Gasteiger partial charge on any atom is 0.436 e. The third-order valence-corrected chi connectivity index (χ3v) is 5.94. The number of fused-ring (bicyclic) bond motifs is 1. The van der Waals surface area contributed by atoms with Crippen molar-refractivity contribution in [3.05, 3.63) is 76.5 Å². The van der Waals surface area contributed by atoms with E-state index in [9.17, 15) is 35.9 Å². The van der Waals surface area contributed by atoms with E-state index in [0.717, 1.165) is 28.9 Å². The lowest BCUT2D eigenvalue weighted by molar-refractivity contribution is -0.142. The summed E-state index contributed by atoms with van der Waals surface area (Å²) in [5, 5.41) is 15.2. The number of carboxylic acid groups (broad SMARTS) is 1. The molecule has 2 N–H and O–H groups in total. The normalized spacial score (nSPS) is 14.7. The van der Waals surface area contributed by atoms with E-state index in [4.69, 9.17) is 5.11 Å². The molecule has 0 saturated carbocycles. The summed E-state index contributed by atoms with van der Waals surface area (Å²) in [6, 6.07) is 8.57. The van der Waals surface area contributed by atoms with Crippen molar-refractivity contribution in [1.29, 1.82) is 0 Å². The average molecular weight is 526 g/mol. The summed E-state index contributed by atoms with van der Waals surface area (Å²) in [5.74, 6) is -2.42. The van der Waals surface area contributed by atoms with Gasteiger partial charge in [0.05, 0.1) is 17.2 Å². The Hall–Kier alpha value is -4.03. The highest BCUT2D eigenvalue weighted by molar-refractivity contribution is 6.01.